The first kappa shape index (κ1) is 13.6. The predicted octanol–water partition coefficient (Wildman–Crippen LogP) is 4.34. The number of rotatable bonds is 7. The van der Waals surface area contributed by atoms with E-state index in [1.807, 2.05) is 0 Å². The van der Waals surface area contributed by atoms with E-state index < -0.39 is 0 Å². The summed E-state index contributed by atoms with van der Waals surface area (Å²) in [5.41, 5.74) is 2.87. The van der Waals surface area contributed by atoms with E-state index >= 15 is 0 Å². The molecular weight excluding hydrogens is 218 g/mol. The molecule has 1 aromatic rings. The summed E-state index contributed by atoms with van der Waals surface area (Å²) in [4.78, 5) is 0. The molecule has 100 valence electrons. The zero-order chi connectivity index (χ0) is 13.0. The molecule has 1 aliphatic rings. The zero-order valence-corrected chi connectivity index (χ0v) is 12.1. The topological polar surface area (TPSA) is 12.0 Å². The van der Waals surface area contributed by atoms with Crippen LogP contribution >= 0.6 is 0 Å². The molecule has 0 heterocycles. The second-order valence-electron chi connectivity index (χ2n) is 6.25. The van der Waals surface area contributed by atoms with E-state index in [1.165, 1.54) is 43.4 Å². The number of hydrogen-bond acceptors (Lipinski definition) is 1. The van der Waals surface area contributed by atoms with Crippen molar-refractivity contribution in [3.05, 3.63) is 35.4 Å². The molecule has 1 aliphatic carbocycles. The number of benzene rings is 1. The van der Waals surface area contributed by atoms with Crippen molar-refractivity contribution in [2.75, 3.05) is 6.54 Å². The molecule has 1 heteroatoms. The van der Waals surface area contributed by atoms with Gasteiger partial charge in [-0.05, 0) is 49.3 Å². The van der Waals surface area contributed by atoms with Crippen LogP contribution in [0.4, 0.5) is 0 Å². The van der Waals surface area contributed by atoms with Crippen molar-refractivity contribution in [2.24, 2.45) is 11.8 Å². The summed E-state index contributed by atoms with van der Waals surface area (Å²) >= 11 is 0. The maximum Gasteiger partial charge on any atom is 0.0291 e. The number of nitrogens with one attached hydrogen (secondary N) is 1. The van der Waals surface area contributed by atoms with Crippen LogP contribution in [0.5, 0.6) is 0 Å². The standard InChI is InChI=1S/C17H27N/c1-13(2)12-16-6-8-17(9-7-16)14(3)18-11-10-15-4-5-15/h6-9,13-15,18H,4-5,10-12H2,1-3H3. The van der Waals surface area contributed by atoms with Crippen molar-refractivity contribution in [3.63, 3.8) is 0 Å². The molecule has 0 amide bonds. The molecule has 0 spiro atoms. The highest BCUT2D eigenvalue weighted by atomic mass is 14.9. The lowest BCUT2D eigenvalue weighted by Crippen LogP contribution is -2.20. The largest absolute Gasteiger partial charge is 0.310 e. The Labute approximate surface area is 112 Å². The first-order valence-electron chi connectivity index (χ1n) is 7.47. The monoisotopic (exact) mass is 245 g/mol. The Kier molecular flexibility index (Phi) is 4.82. The average molecular weight is 245 g/mol. The first-order valence-corrected chi connectivity index (χ1v) is 7.47. The highest BCUT2D eigenvalue weighted by Gasteiger charge is 2.20. The maximum absolute atomic E-state index is 3.63. The van der Waals surface area contributed by atoms with Crippen LogP contribution in [0.15, 0.2) is 24.3 Å². The second-order valence-corrected chi connectivity index (χ2v) is 6.25. The Morgan fingerprint density at radius 2 is 1.78 bits per heavy atom. The van der Waals surface area contributed by atoms with E-state index in [9.17, 15) is 0 Å². The van der Waals surface area contributed by atoms with Crippen LogP contribution in [0.25, 0.3) is 0 Å². The highest BCUT2D eigenvalue weighted by molar-refractivity contribution is 5.25. The van der Waals surface area contributed by atoms with Crippen molar-refractivity contribution < 1.29 is 0 Å². The third-order valence-electron chi connectivity index (χ3n) is 3.82. The van der Waals surface area contributed by atoms with E-state index in [2.05, 4.69) is 50.4 Å². The van der Waals surface area contributed by atoms with Crippen LogP contribution < -0.4 is 5.32 Å². The molecule has 0 bridgehead atoms. The van der Waals surface area contributed by atoms with Crippen LogP contribution in [-0.2, 0) is 6.42 Å². The van der Waals surface area contributed by atoms with Gasteiger partial charge in [-0.15, -0.1) is 0 Å². The van der Waals surface area contributed by atoms with Gasteiger partial charge in [0.1, 0.15) is 0 Å². The van der Waals surface area contributed by atoms with Crippen molar-refractivity contribution in [1.29, 1.82) is 0 Å². The summed E-state index contributed by atoms with van der Waals surface area (Å²) in [5.74, 6) is 1.77. The quantitative estimate of drug-likeness (QED) is 0.753. The van der Waals surface area contributed by atoms with Crippen LogP contribution in [0.2, 0.25) is 0 Å². The van der Waals surface area contributed by atoms with E-state index in [0.717, 1.165) is 11.8 Å². The Bertz CT molecular complexity index is 348. The summed E-state index contributed by atoms with van der Waals surface area (Å²) < 4.78 is 0. The van der Waals surface area contributed by atoms with Gasteiger partial charge in [0.15, 0.2) is 0 Å². The Hall–Kier alpha value is -0.820. The maximum atomic E-state index is 3.63. The minimum Gasteiger partial charge on any atom is -0.310 e. The predicted molar refractivity (Wildman–Crippen MR) is 78.7 cm³/mol. The molecule has 0 saturated heterocycles. The summed E-state index contributed by atoms with van der Waals surface area (Å²) in [6.07, 6.45) is 5.46. The van der Waals surface area contributed by atoms with E-state index in [-0.39, 0.29) is 0 Å². The molecule has 1 aromatic carbocycles. The summed E-state index contributed by atoms with van der Waals surface area (Å²) in [7, 11) is 0. The Morgan fingerprint density at radius 3 is 2.33 bits per heavy atom. The van der Waals surface area contributed by atoms with Gasteiger partial charge in [0.05, 0.1) is 0 Å². The van der Waals surface area contributed by atoms with Crippen LogP contribution in [0.3, 0.4) is 0 Å². The Balaban J connectivity index is 1.79. The van der Waals surface area contributed by atoms with E-state index in [1.54, 1.807) is 0 Å². The smallest absolute Gasteiger partial charge is 0.0291 e. The normalized spacial score (nSPS) is 17.1. The van der Waals surface area contributed by atoms with Gasteiger partial charge < -0.3 is 5.32 Å². The molecule has 1 unspecified atom stereocenters. The zero-order valence-electron chi connectivity index (χ0n) is 12.1. The lowest BCUT2D eigenvalue weighted by Gasteiger charge is -2.15. The van der Waals surface area contributed by atoms with Gasteiger partial charge in [-0.2, -0.15) is 0 Å². The molecule has 0 aliphatic heterocycles. The fourth-order valence-electron chi connectivity index (χ4n) is 2.44. The third kappa shape index (κ3) is 4.45. The highest BCUT2D eigenvalue weighted by Crippen LogP contribution is 2.31. The molecule has 1 fully saturated rings. The molecule has 0 radical (unpaired) electrons. The lowest BCUT2D eigenvalue weighted by molar-refractivity contribution is 0.539. The van der Waals surface area contributed by atoms with Crippen molar-refractivity contribution in [1.82, 2.24) is 5.32 Å². The average Bonchev–Trinajstić information content (AvgIpc) is 3.13. The minimum absolute atomic E-state index is 0.483. The molecule has 1 saturated carbocycles. The molecular formula is C17H27N. The molecule has 1 nitrogen and oxygen atoms in total. The second kappa shape index (κ2) is 6.38. The SMILES string of the molecule is CC(C)Cc1ccc(C(C)NCCC2CC2)cc1. The van der Waals surface area contributed by atoms with Gasteiger partial charge in [-0.1, -0.05) is 51.0 Å². The number of hydrogen-bond donors (Lipinski definition) is 1. The summed E-state index contributed by atoms with van der Waals surface area (Å²) in [5, 5.41) is 3.63. The summed E-state index contributed by atoms with van der Waals surface area (Å²) in [6.45, 7) is 7.98. The van der Waals surface area contributed by atoms with Crippen molar-refractivity contribution in [2.45, 2.75) is 52.5 Å². The minimum atomic E-state index is 0.483. The van der Waals surface area contributed by atoms with Gasteiger partial charge in [0, 0.05) is 6.04 Å². The van der Waals surface area contributed by atoms with Crippen LogP contribution in [-0.4, -0.2) is 6.54 Å². The fourth-order valence-corrected chi connectivity index (χ4v) is 2.44. The van der Waals surface area contributed by atoms with Crippen molar-refractivity contribution >= 4 is 0 Å². The first-order chi connectivity index (χ1) is 8.65. The molecule has 2 rings (SSSR count). The van der Waals surface area contributed by atoms with Gasteiger partial charge in [-0.3, -0.25) is 0 Å². The van der Waals surface area contributed by atoms with Gasteiger partial charge in [0.25, 0.3) is 0 Å². The molecule has 1 N–H and O–H groups in total. The Morgan fingerprint density at radius 1 is 1.11 bits per heavy atom. The summed E-state index contributed by atoms with van der Waals surface area (Å²) in [6, 6.07) is 9.62. The van der Waals surface area contributed by atoms with Crippen LogP contribution in [0, 0.1) is 11.8 Å². The molecule has 1 atom stereocenters. The van der Waals surface area contributed by atoms with Gasteiger partial charge in [-0.25, -0.2) is 0 Å². The third-order valence-corrected chi connectivity index (χ3v) is 3.82. The van der Waals surface area contributed by atoms with E-state index in [0.29, 0.717) is 6.04 Å². The lowest BCUT2D eigenvalue weighted by atomic mass is 10.00. The van der Waals surface area contributed by atoms with Gasteiger partial charge in [0.2, 0.25) is 0 Å². The van der Waals surface area contributed by atoms with Crippen molar-refractivity contribution in [3.8, 4) is 0 Å². The van der Waals surface area contributed by atoms with Gasteiger partial charge >= 0.3 is 0 Å². The molecule has 0 aromatic heterocycles. The van der Waals surface area contributed by atoms with E-state index in [4.69, 9.17) is 0 Å². The fraction of sp³-hybridized carbons (Fsp3) is 0.647. The molecule has 18 heavy (non-hydrogen) atoms. The van der Waals surface area contributed by atoms with Crippen LogP contribution in [0.1, 0.15) is 57.2 Å².